The minimum atomic E-state index is -0.849. The molecule has 2 aromatic rings. The van der Waals surface area contributed by atoms with Gasteiger partial charge in [-0.25, -0.2) is 4.39 Å². The molecule has 0 bridgehead atoms. The van der Waals surface area contributed by atoms with Gasteiger partial charge in [0.1, 0.15) is 5.82 Å². The molecule has 3 atom stereocenters. The number of nitrogens with one attached hydrogen (secondary N) is 2. The predicted octanol–water partition coefficient (Wildman–Crippen LogP) is 6.75. The summed E-state index contributed by atoms with van der Waals surface area (Å²) in [6.07, 6.45) is 16.7. The molecule has 1 heterocycles. The minimum Gasteiger partial charge on any atom is -0.385 e. The van der Waals surface area contributed by atoms with Crippen LogP contribution in [0.15, 0.2) is 66.4 Å². The van der Waals surface area contributed by atoms with E-state index in [1.165, 1.54) is 31.7 Å². The van der Waals surface area contributed by atoms with E-state index in [1.807, 2.05) is 24.3 Å². The Balaban J connectivity index is 1.26. The lowest BCUT2D eigenvalue weighted by Crippen LogP contribution is -2.55. The van der Waals surface area contributed by atoms with Gasteiger partial charge in [0.2, 0.25) is 5.91 Å². The summed E-state index contributed by atoms with van der Waals surface area (Å²) in [5.74, 6) is -1.56. The summed E-state index contributed by atoms with van der Waals surface area (Å²) in [6, 6.07) is 12.3. The highest BCUT2D eigenvalue weighted by atomic mass is 19.1. The maximum absolute atomic E-state index is 15.0. The Bertz CT molecular complexity index is 1390. The Labute approximate surface area is 254 Å². The highest BCUT2D eigenvalue weighted by Gasteiger charge is 2.43. The van der Waals surface area contributed by atoms with Crippen LogP contribution in [-0.4, -0.2) is 40.4 Å². The first-order valence-corrected chi connectivity index (χ1v) is 16.2. The number of anilines is 1. The van der Waals surface area contributed by atoms with Crippen molar-refractivity contribution in [1.82, 2.24) is 10.2 Å². The molecule has 0 aromatic heterocycles. The third kappa shape index (κ3) is 6.28. The van der Waals surface area contributed by atoms with Crippen molar-refractivity contribution in [3.05, 3.63) is 88.9 Å². The Hall–Kier alpha value is -3.45. The van der Waals surface area contributed by atoms with Crippen molar-refractivity contribution in [2.24, 2.45) is 11.8 Å². The number of aryl methyl sites for hydroxylation is 1. The number of allylic oxidation sites excluding steroid dienone is 2. The fourth-order valence-corrected chi connectivity index (χ4v) is 7.79. The molecule has 228 valence electrons. The van der Waals surface area contributed by atoms with Gasteiger partial charge in [-0.15, -0.1) is 0 Å². The van der Waals surface area contributed by atoms with Crippen molar-refractivity contribution in [3.8, 4) is 0 Å². The van der Waals surface area contributed by atoms with Gasteiger partial charge in [-0.3, -0.25) is 9.59 Å². The number of amides is 2. The molecule has 2 amide bonds. The van der Waals surface area contributed by atoms with E-state index in [0.717, 1.165) is 36.9 Å². The summed E-state index contributed by atoms with van der Waals surface area (Å²) < 4.78 is 15.0. The molecule has 1 aliphatic heterocycles. The van der Waals surface area contributed by atoms with Crippen molar-refractivity contribution in [2.75, 3.05) is 11.9 Å². The van der Waals surface area contributed by atoms with Crippen molar-refractivity contribution < 1.29 is 19.1 Å². The zero-order chi connectivity index (χ0) is 30.0. The monoisotopic (exact) mass is 585 g/mol. The molecular weight excluding hydrogens is 541 g/mol. The number of benzene rings is 2. The second kappa shape index (κ2) is 12.7. The van der Waals surface area contributed by atoms with Crippen LogP contribution in [0.2, 0.25) is 0 Å². The molecule has 2 aromatic carbocycles. The number of hydrogen-bond acceptors (Lipinski definition) is 4. The highest BCUT2D eigenvalue weighted by molar-refractivity contribution is 5.98. The van der Waals surface area contributed by atoms with Crippen LogP contribution in [0.1, 0.15) is 92.1 Å². The van der Waals surface area contributed by atoms with Gasteiger partial charge in [-0.2, -0.15) is 0 Å². The first-order valence-electron chi connectivity index (χ1n) is 16.2. The van der Waals surface area contributed by atoms with E-state index in [9.17, 15) is 14.7 Å². The molecule has 6 rings (SSSR count). The molecule has 0 radical (unpaired) electrons. The number of nitrogens with zero attached hydrogens (tertiary/aromatic N) is 1. The van der Waals surface area contributed by atoms with Gasteiger partial charge in [-0.05, 0) is 87.3 Å². The third-order valence-corrected chi connectivity index (χ3v) is 10.1. The van der Waals surface area contributed by atoms with Crippen LogP contribution in [0, 0.1) is 24.6 Å². The molecule has 6 nitrogen and oxygen atoms in total. The minimum absolute atomic E-state index is 0.0771. The molecule has 1 unspecified atom stereocenters. The van der Waals surface area contributed by atoms with Gasteiger partial charge >= 0.3 is 0 Å². The Kier molecular flexibility index (Phi) is 8.71. The molecule has 43 heavy (non-hydrogen) atoms. The van der Waals surface area contributed by atoms with Gasteiger partial charge in [-0.1, -0.05) is 62.1 Å². The van der Waals surface area contributed by atoms with Gasteiger partial charge < -0.3 is 20.6 Å². The molecule has 3 aliphatic carbocycles. The summed E-state index contributed by atoms with van der Waals surface area (Å²) in [5, 5.41) is 17.9. The largest absolute Gasteiger partial charge is 0.385 e. The van der Waals surface area contributed by atoms with Gasteiger partial charge in [0.25, 0.3) is 5.91 Å². The number of rotatable bonds is 7. The van der Waals surface area contributed by atoms with E-state index in [-0.39, 0.29) is 23.3 Å². The number of hydrogen-bond donors (Lipinski definition) is 3. The van der Waals surface area contributed by atoms with Crippen LogP contribution in [0.5, 0.6) is 0 Å². The Morgan fingerprint density at radius 3 is 2.49 bits per heavy atom. The van der Waals surface area contributed by atoms with Gasteiger partial charge in [0.05, 0.1) is 23.1 Å². The quantitative estimate of drug-likeness (QED) is 0.336. The Morgan fingerprint density at radius 2 is 1.77 bits per heavy atom. The van der Waals surface area contributed by atoms with Crippen LogP contribution in [0.3, 0.4) is 0 Å². The van der Waals surface area contributed by atoms with E-state index in [1.54, 1.807) is 24.0 Å². The number of piperidine rings is 1. The van der Waals surface area contributed by atoms with E-state index < -0.39 is 23.4 Å². The van der Waals surface area contributed by atoms with Crippen LogP contribution in [0.4, 0.5) is 10.1 Å². The smallest absolute Gasteiger partial charge is 0.257 e. The summed E-state index contributed by atoms with van der Waals surface area (Å²) in [6.45, 7) is 2.24. The molecule has 1 saturated heterocycles. The summed E-state index contributed by atoms with van der Waals surface area (Å²) in [5.41, 5.74) is 2.42. The van der Waals surface area contributed by atoms with Crippen molar-refractivity contribution in [1.29, 1.82) is 0 Å². The standard InChI is InChI=1S/C36H44FN3O3/c1-24-9-6-15-31(37)32(24)35(42)40-22-8-14-30(33(40)25-16-18-28(19-17-25)38-27-11-2-3-12-27)34(41)39-29-13-7-10-26(23-29)36(43)20-4-5-21-36/h6-7,9-10,13,15-16,18-19,23,25,27,30,33,38,43H,2-5,8,11-12,14,17,20-22H2,1H3,(H,39,41)/t25?,30-,33-/m0/s1. The number of carbonyl (C=O) groups is 2. The van der Waals surface area contributed by atoms with Gasteiger partial charge in [0, 0.05) is 29.9 Å². The van der Waals surface area contributed by atoms with E-state index in [2.05, 4.69) is 28.9 Å². The van der Waals surface area contributed by atoms with Gasteiger partial charge in [0.15, 0.2) is 0 Å². The zero-order valence-corrected chi connectivity index (χ0v) is 25.2. The lowest BCUT2D eigenvalue weighted by atomic mass is 9.77. The van der Waals surface area contributed by atoms with E-state index in [4.69, 9.17) is 0 Å². The molecule has 4 aliphatic rings. The number of aliphatic hydroxyl groups is 1. The SMILES string of the molecule is Cc1cccc(F)c1C(=O)N1CCC[C@H](C(=O)Nc2cccc(C3(O)CCCC3)c2)[C@@H]1C1C=CC(NC2CCCC2)=CC1. The van der Waals surface area contributed by atoms with Crippen molar-refractivity contribution >= 4 is 17.5 Å². The van der Waals surface area contributed by atoms with E-state index in [0.29, 0.717) is 43.1 Å². The molecule has 7 heteroatoms. The maximum atomic E-state index is 15.0. The van der Waals surface area contributed by atoms with Crippen LogP contribution in [0.25, 0.3) is 0 Å². The Morgan fingerprint density at radius 1 is 1.00 bits per heavy atom. The van der Waals surface area contributed by atoms with Crippen LogP contribution in [-0.2, 0) is 10.4 Å². The normalized spacial score (nSPS) is 25.4. The molecule has 0 spiro atoms. The molecule has 3 N–H and O–H groups in total. The zero-order valence-electron chi connectivity index (χ0n) is 25.2. The fourth-order valence-electron chi connectivity index (χ4n) is 7.79. The predicted molar refractivity (Wildman–Crippen MR) is 167 cm³/mol. The number of carbonyl (C=O) groups excluding carboxylic acids is 2. The fraction of sp³-hybridized carbons (Fsp3) is 0.500. The van der Waals surface area contributed by atoms with Crippen LogP contribution < -0.4 is 10.6 Å². The average Bonchev–Trinajstić information content (AvgIpc) is 3.70. The summed E-state index contributed by atoms with van der Waals surface area (Å²) in [4.78, 5) is 29.8. The molecule has 3 fully saturated rings. The first kappa shape index (κ1) is 29.6. The third-order valence-electron chi connectivity index (χ3n) is 10.1. The molecular formula is C36H44FN3O3. The average molecular weight is 586 g/mol. The second-order valence-corrected chi connectivity index (χ2v) is 13.0. The van der Waals surface area contributed by atoms with Crippen molar-refractivity contribution in [2.45, 2.75) is 95.2 Å². The first-order chi connectivity index (χ1) is 20.8. The van der Waals surface area contributed by atoms with Crippen LogP contribution >= 0.6 is 0 Å². The lowest BCUT2D eigenvalue weighted by Gasteiger charge is -2.44. The number of halogens is 1. The molecule has 2 saturated carbocycles. The summed E-state index contributed by atoms with van der Waals surface area (Å²) >= 11 is 0. The lowest BCUT2D eigenvalue weighted by molar-refractivity contribution is -0.123. The van der Waals surface area contributed by atoms with Crippen molar-refractivity contribution in [3.63, 3.8) is 0 Å². The topological polar surface area (TPSA) is 81.7 Å². The number of likely N-dealkylation sites (tertiary alicyclic amines) is 1. The van der Waals surface area contributed by atoms with E-state index >= 15 is 4.39 Å². The highest BCUT2D eigenvalue weighted by Crippen LogP contribution is 2.40. The summed E-state index contributed by atoms with van der Waals surface area (Å²) in [7, 11) is 0. The maximum Gasteiger partial charge on any atom is 0.257 e. The second-order valence-electron chi connectivity index (χ2n) is 13.0.